The fourth-order valence-electron chi connectivity index (χ4n) is 3.22. The highest BCUT2D eigenvalue weighted by Gasteiger charge is 2.31. The molecule has 0 atom stereocenters. The van der Waals surface area contributed by atoms with Gasteiger partial charge < -0.3 is 14.6 Å². The highest BCUT2D eigenvalue weighted by molar-refractivity contribution is 7.99. The first-order chi connectivity index (χ1) is 16.9. The average molecular weight is 531 g/mol. The third-order valence-corrected chi connectivity index (χ3v) is 7.06. The van der Waals surface area contributed by atoms with Crippen molar-refractivity contribution in [3.63, 3.8) is 0 Å². The van der Waals surface area contributed by atoms with Gasteiger partial charge in [-0.15, -0.1) is 4.36 Å². The van der Waals surface area contributed by atoms with Crippen LogP contribution in [0.2, 0.25) is 0 Å². The molecule has 0 amide bonds. The molecule has 0 saturated carbocycles. The molecule has 1 heterocycles. The smallest absolute Gasteiger partial charge is 0.384 e. The second-order valence-electron chi connectivity index (χ2n) is 7.51. The molecule has 0 unspecified atom stereocenters. The average Bonchev–Trinajstić information content (AvgIpc) is 2.79. The second-order valence-corrected chi connectivity index (χ2v) is 10.2. The van der Waals surface area contributed by atoms with E-state index in [4.69, 9.17) is 10.00 Å². The number of methoxy groups -OCH3 is 1. The fourth-order valence-corrected chi connectivity index (χ4v) is 4.96. The maximum atomic E-state index is 14.3. The summed E-state index contributed by atoms with van der Waals surface area (Å²) in [6.45, 7) is 0.0334. The Balaban J connectivity index is 2.02. The molecule has 36 heavy (non-hydrogen) atoms. The number of nitrogens with zero attached hydrogens (tertiary/aromatic N) is 4. The number of ether oxygens (including phenoxy) is 1. The quantitative estimate of drug-likeness (QED) is 0.202. The second kappa shape index (κ2) is 11.0. The van der Waals surface area contributed by atoms with Crippen LogP contribution in [0.1, 0.15) is 11.1 Å². The zero-order valence-corrected chi connectivity index (χ0v) is 19.4. The maximum Gasteiger partial charge on any atom is 0.416 e. The lowest BCUT2D eigenvalue weighted by molar-refractivity contribution is -0.137. The van der Waals surface area contributed by atoms with Gasteiger partial charge in [0.05, 0.1) is 18.4 Å². The van der Waals surface area contributed by atoms with Crippen molar-refractivity contribution in [2.45, 2.75) is 11.9 Å². The number of hydrogen-bond acceptors (Lipinski definition) is 6. The largest absolute Gasteiger partial charge is 0.416 e. The van der Waals surface area contributed by atoms with Crippen LogP contribution in [-0.2, 0) is 26.8 Å². The molecule has 0 fully saturated rings. The number of thiol groups is 1. The van der Waals surface area contributed by atoms with Crippen molar-refractivity contribution in [1.29, 1.82) is 5.26 Å². The summed E-state index contributed by atoms with van der Waals surface area (Å²) in [4.78, 5) is 7.51. The van der Waals surface area contributed by atoms with E-state index in [1.165, 1.54) is 19.4 Å². The van der Waals surface area contributed by atoms with Crippen LogP contribution in [0.5, 0.6) is 0 Å². The van der Waals surface area contributed by atoms with Crippen LogP contribution in [0.15, 0.2) is 47.0 Å². The minimum atomic E-state index is -4.77. The van der Waals surface area contributed by atoms with Crippen molar-refractivity contribution in [3.8, 4) is 17.5 Å². The standard InChI is InChI=1S/C22H19F6N5O2S/c1-35-4-5-36(34,31-12-29)11-13-6-14(22(26,27)28)8-16(7-13)32-21-30-10-19(25)20(33-21)17-3-2-15(23)9-18(17)24/h2-3,6-10,36H,4-5,11H2,1H3,(H,31,34)(H,30,32,33). The molecule has 3 aromatic rings. The van der Waals surface area contributed by atoms with Crippen molar-refractivity contribution in [2.24, 2.45) is 4.36 Å². The topological polar surface area (TPSA) is 103 Å². The molecule has 0 spiro atoms. The van der Waals surface area contributed by atoms with Crippen LogP contribution in [-0.4, -0.2) is 34.0 Å². The van der Waals surface area contributed by atoms with Gasteiger partial charge in [0.2, 0.25) is 12.1 Å². The summed E-state index contributed by atoms with van der Waals surface area (Å²) < 4.78 is 101. The predicted octanol–water partition coefficient (Wildman–Crippen LogP) is 5.49. The van der Waals surface area contributed by atoms with E-state index in [0.29, 0.717) is 12.3 Å². The number of hydrogen-bond donors (Lipinski definition) is 3. The number of rotatable bonds is 8. The van der Waals surface area contributed by atoms with Crippen molar-refractivity contribution in [3.05, 3.63) is 71.2 Å². The lowest BCUT2D eigenvalue weighted by atomic mass is 10.1. The molecule has 0 radical (unpaired) electrons. The number of benzene rings is 2. The lowest BCUT2D eigenvalue weighted by Gasteiger charge is -2.23. The van der Waals surface area contributed by atoms with Gasteiger partial charge in [0, 0.05) is 35.9 Å². The van der Waals surface area contributed by atoms with Crippen LogP contribution >= 0.6 is 0 Å². The number of nitriles is 1. The molecule has 3 rings (SSSR count). The van der Waals surface area contributed by atoms with Gasteiger partial charge in [-0.05, 0) is 35.9 Å². The van der Waals surface area contributed by atoms with Crippen molar-refractivity contribution < 1.29 is 35.6 Å². The summed E-state index contributed by atoms with van der Waals surface area (Å²) >= 11 is 0. The Morgan fingerprint density at radius 2 is 1.89 bits per heavy atom. The molecule has 0 aliphatic heterocycles. The van der Waals surface area contributed by atoms with E-state index in [-0.39, 0.29) is 40.9 Å². The van der Waals surface area contributed by atoms with Crippen molar-refractivity contribution in [2.75, 3.05) is 24.8 Å². The Labute approximate surface area is 202 Å². The van der Waals surface area contributed by atoms with E-state index in [1.807, 2.05) is 0 Å². The zero-order chi connectivity index (χ0) is 26.5. The highest BCUT2D eigenvalue weighted by Crippen LogP contribution is 2.34. The fraction of sp³-hybridized carbons (Fsp3) is 0.227. The minimum absolute atomic E-state index is 0.00479. The normalized spacial score (nSPS) is 12.2. The van der Waals surface area contributed by atoms with E-state index >= 15 is 0 Å². The van der Waals surface area contributed by atoms with Gasteiger partial charge in [-0.1, -0.05) is 10.1 Å². The van der Waals surface area contributed by atoms with Gasteiger partial charge >= 0.3 is 6.18 Å². The first kappa shape index (κ1) is 27.1. The lowest BCUT2D eigenvalue weighted by Crippen LogP contribution is -2.21. The van der Waals surface area contributed by atoms with E-state index < -0.39 is 45.0 Å². The Morgan fingerprint density at radius 3 is 2.53 bits per heavy atom. The number of alkyl halides is 3. The third-order valence-electron chi connectivity index (χ3n) is 4.83. The number of nitrogens with one attached hydrogen (secondary N) is 1. The van der Waals surface area contributed by atoms with Crippen LogP contribution in [0, 0.1) is 28.9 Å². The van der Waals surface area contributed by atoms with Crippen LogP contribution in [0.4, 0.5) is 38.0 Å². The molecule has 192 valence electrons. The number of anilines is 2. The zero-order valence-electron chi connectivity index (χ0n) is 18.5. The SMILES string of the molecule is COCC[SH](O)(Cc1cc(Nc2ncc(F)c(-c3ccc(F)cc3F)n2)cc(C(F)(F)F)c1)=NC#N. The molecule has 1 aromatic heterocycles. The van der Waals surface area contributed by atoms with Gasteiger partial charge in [0.15, 0.2) is 5.82 Å². The minimum Gasteiger partial charge on any atom is -0.384 e. The van der Waals surface area contributed by atoms with E-state index in [9.17, 15) is 30.9 Å². The summed E-state index contributed by atoms with van der Waals surface area (Å²) in [6.07, 6.45) is -2.59. The highest BCUT2D eigenvalue weighted by atomic mass is 32.3. The Kier molecular flexibility index (Phi) is 8.28. The van der Waals surface area contributed by atoms with E-state index in [0.717, 1.165) is 24.3 Å². The predicted molar refractivity (Wildman–Crippen MR) is 122 cm³/mol. The Morgan fingerprint density at radius 1 is 1.14 bits per heavy atom. The molecule has 2 N–H and O–H groups in total. The molecular weight excluding hydrogens is 512 g/mol. The maximum absolute atomic E-state index is 14.3. The summed E-state index contributed by atoms with van der Waals surface area (Å²) in [5.41, 5.74) is -2.16. The first-order valence-electron chi connectivity index (χ1n) is 10.1. The Hall–Kier alpha value is -3.54. The molecule has 14 heteroatoms. The summed E-state index contributed by atoms with van der Waals surface area (Å²) in [5, 5.41) is 11.4. The molecule has 0 saturated heterocycles. The molecular formula is C22H19F6N5O2S. The van der Waals surface area contributed by atoms with Crippen molar-refractivity contribution >= 4 is 21.7 Å². The third kappa shape index (κ3) is 6.78. The van der Waals surface area contributed by atoms with Crippen LogP contribution in [0.3, 0.4) is 0 Å². The van der Waals surface area contributed by atoms with E-state index in [1.54, 1.807) is 0 Å². The summed E-state index contributed by atoms with van der Waals surface area (Å²) in [5.74, 6) is -3.80. The summed E-state index contributed by atoms with van der Waals surface area (Å²) in [7, 11) is -2.00. The van der Waals surface area contributed by atoms with Gasteiger partial charge in [-0.2, -0.15) is 18.4 Å². The van der Waals surface area contributed by atoms with Crippen LogP contribution < -0.4 is 5.32 Å². The molecule has 0 aliphatic carbocycles. The molecule has 0 bridgehead atoms. The van der Waals surface area contributed by atoms with E-state index in [2.05, 4.69) is 19.6 Å². The van der Waals surface area contributed by atoms with Crippen molar-refractivity contribution in [1.82, 2.24) is 9.97 Å². The molecule has 7 nitrogen and oxygen atoms in total. The molecule has 0 aliphatic rings. The monoisotopic (exact) mass is 531 g/mol. The number of halogens is 6. The van der Waals surface area contributed by atoms with Gasteiger partial charge in [0.25, 0.3) is 0 Å². The summed E-state index contributed by atoms with van der Waals surface area (Å²) in [6, 6.07) is 5.19. The van der Waals surface area contributed by atoms with Crippen LogP contribution in [0.25, 0.3) is 11.3 Å². The Bertz CT molecular complexity index is 1360. The first-order valence-corrected chi connectivity index (χ1v) is 12.2. The van der Waals surface area contributed by atoms with Gasteiger partial charge in [-0.3, -0.25) is 0 Å². The van der Waals surface area contributed by atoms with Gasteiger partial charge in [0.1, 0.15) is 17.3 Å². The molecule has 2 aromatic carbocycles. The van der Waals surface area contributed by atoms with Gasteiger partial charge in [-0.25, -0.2) is 23.1 Å². The number of aromatic nitrogens is 2.